The fourth-order valence-electron chi connectivity index (χ4n) is 3.10. The molecule has 0 fully saturated rings. The van der Waals surface area contributed by atoms with Crippen LogP contribution in [0.3, 0.4) is 0 Å². The van der Waals surface area contributed by atoms with E-state index in [2.05, 4.69) is 55.9 Å². The van der Waals surface area contributed by atoms with E-state index >= 15 is 0 Å². The number of benzene rings is 1. The van der Waals surface area contributed by atoms with Crippen LogP contribution in [0.2, 0.25) is 0 Å². The maximum absolute atomic E-state index is 4.58. The fraction of sp³-hybridized carbons (Fsp3) is 0.522. The molecule has 1 aromatic rings. The molecule has 2 nitrogen and oxygen atoms in total. The largest absolute Gasteiger partial charge is 0.319 e. The van der Waals surface area contributed by atoms with Gasteiger partial charge in [-0.25, -0.2) is 0 Å². The zero-order valence-electron chi connectivity index (χ0n) is 16.7. The van der Waals surface area contributed by atoms with E-state index in [4.69, 9.17) is 0 Å². The number of hydrogen-bond donors (Lipinski definition) is 1. The number of aliphatic imine (C=N–C) groups is 1. The smallest absolute Gasteiger partial charge is 0.0700 e. The summed E-state index contributed by atoms with van der Waals surface area (Å²) in [5.74, 6) is 0. The topological polar surface area (TPSA) is 24.4 Å². The summed E-state index contributed by atoms with van der Waals surface area (Å²) in [4.78, 5) is 4.58. The number of nitrogens with zero attached hydrogens (tertiary/aromatic N) is 1. The van der Waals surface area contributed by atoms with E-state index in [0.29, 0.717) is 0 Å². The normalized spacial score (nSPS) is 12.5. The summed E-state index contributed by atoms with van der Waals surface area (Å²) >= 11 is 0. The summed E-state index contributed by atoms with van der Waals surface area (Å²) < 4.78 is 0. The molecule has 0 heterocycles. The summed E-state index contributed by atoms with van der Waals surface area (Å²) in [5, 5.41) is 3.28. The van der Waals surface area contributed by atoms with Crippen molar-refractivity contribution in [3.8, 4) is 0 Å². The molecule has 0 atom stereocenters. The van der Waals surface area contributed by atoms with Crippen LogP contribution in [0.25, 0.3) is 5.57 Å². The van der Waals surface area contributed by atoms with Crippen LogP contribution in [0.4, 0.5) is 5.69 Å². The maximum Gasteiger partial charge on any atom is 0.0700 e. The molecule has 0 aliphatic carbocycles. The highest BCUT2D eigenvalue weighted by molar-refractivity contribution is 5.76. The van der Waals surface area contributed by atoms with Gasteiger partial charge >= 0.3 is 0 Å². The van der Waals surface area contributed by atoms with E-state index in [9.17, 15) is 0 Å². The molecule has 1 rings (SSSR count). The van der Waals surface area contributed by atoms with Crippen molar-refractivity contribution >= 4 is 17.5 Å². The maximum atomic E-state index is 4.58. The third-order valence-corrected chi connectivity index (χ3v) is 4.56. The van der Waals surface area contributed by atoms with Crippen molar-refractivity contribution in [2.75, 3.05) is 13.6 Å². The number of para-hydroxylation sites is 1. The van der Waals surface area contributed by atoms with E-state index in [1.54, 1.807) is 11.1 Å². The highest BCUT2D eigenvalue weighted by atomic mass is 14.8. The van der Waals surface area contributed by atoms with Crippen LogP contribution in [0.1, 0.15) is 71.3 Å². The van der Waals surface area contributed by atoms with Crippen LogP contribution in [-0.4, -0.2) is 19.8 Å². The number of rotatable bonds is 12. The molecule has 0 aromatic heterocycles. The molecule has 2 heteroatoms. The first-order chi connectivity index (χ1) is 12.1. The summed E-state index contributed by atoms with van der Waals surface area (Å²) in [6.45, 7) is 12.1. The molecule has 138 valence electrons. The SMILES string of the molecule is C=C(CCC/C(CCNC)=C(/C)CCC)c1ccccc1N=CCC. The summed E-state index contributed by atoms with van der Waals surface area (Å²) in [6.07, 6.45) is 9.89. The number of hydrogen-bond acceptors (Lipinski definition) is 2. The van der Waals surface area contributed by atoms with E-state index in [1.165, 1.54) is 30.4 Å². The lowest BCUT2D eigenvalue weighted by atomic mass is 9.94. The van der Waals surface area contributed by atoms with E-state index in [0.717, 1.165) is 37.9 Å². The minimum absolute atomic E-state index is 0.955. The van der Waals surface area contributed by atoms with Gasteiger partial charge in [0, 0.05) is 11.8 Å². The number of nitrogens with one attached hydrogen (secondary N) is 1. The van der Waals surface area contributed by atoms with Gasteiger partial charge < -0.3 is 5.32 Å². The van der Waals surface area contributed by atoms with Crippen molar-refractivity contribution in [3.05, 3.63) is 47.6 Å². The van der Waals surface area contributed by atoms with Crippen LogP contribution in [0.15, 0.2) is 47.0 Å². The van der Waals surface area contributed by atoms with E-state index in [-0.39, 0.29) is 0 Å². The first-order valence-electron chi connectivity index (χ1n) is 9.75. The molecule has 0 aliphatic rings. The lowest BCUT2D eigenvalue weighted by Gasteiger charge is -2.14. The molecule has 25 heavy (non-hydrogen) atoms. The average molecular weight is 341 g/mol. The van der Waals surface area contributed by atoms with Crippen LogP contribution < -0.4 is 5.32 Å². The lowest BCUT2D eigenvalue weighted by Crippen LogP contribution is -2.09. The van der Waals surface area contributed by atoms with Gasteiger partial charge in [0.1, 0.15) is 0 Å². The minimum atomic E-state index is 0.955. The van der Waals surface area contributed by atoms with Gasteiger partial charge in [0.25, 0.3) is 0 Å². The van der Waals surface area contributed by atoms with Gasteiger partial charge in [0.2, 0.25) is 0 Å². The quantitative estimate of drug-likeness (QED) is 0.332. The number of allylic oxidation sites excluding steroid dienone is 2. The van der Waals surface area contributed by atoms with Crippen molar-refractivity contribution < 1.29 is 0 Å². The molecule has 0 amide bonds. The van der Waals surface area contributed by atoms with Gasteiger partial charge in [0.05, 0.1) is 5.69 Å². The fourth-order valence-corrected chi connectivity index (χ4v) is 3.10. The first-order valence-corrected chi connectivity index (χ1v) is 9.75. The Morgan fingerprint density at radius 1 is 1.12 bits per heavy atom. The molecule has 0 radical (unpaired) electrons. The predicted molar refractivity (Wildman–Crippen MR) is 114 cm³/mol. The Hall–Kier alpha value is -1.67. The van der Waals surface area contributed by atoms with Gasteiger partial charge in [-0.3, -0.25) is 4.99 Å². The standard InChI is InChI=1S/C23H36N2/c1-6-11-19(3)21(16-18-24-5)13-10-12-20(4)22-14-8-9-15-23(22)25-17-7-2/h8-9,14-15,17,24H,4,6-7,10-13,16,18H2,1-3,5H3/b21-19+,25-17?. The van der Waals surface area contributed by atoms with Crippen molar-refractivity contribution in [1.82, 2.24) is 5.32 Å². The van der Waals surface area contributed by atoms with Crippen molar-refractivity contribution in [1.29, 1.82) is 0 Å². The Labute approximate surface area is 155 Å². The lowest BCUT2D eigenvalue weighted by molar-refractivity contribution is 0.714. The highest BCUT2D eigenvalue weighted by Crippen LogP contribution is 2.29. The Bertz CT molecular complexity index is 582. The summed E-state index contributed by atoms with van der Waals surface area (Å²) in [6, 6.07) is 8.35. The monoisotopic (exact) mass is 340 g/mol. The minimum Gasteiger partial charge on any atom is -0.319 e. The molecule has 0 bridgehead atoms. The van der Waals surface area contributed by atoms with Gasteiger partial charge in [-0.1, -0.05) is 56.2 Å². The third-order valence-electron chi connectivity index (χ3n) is 4.56. The van der Waals surface area contributed by atoms with Gasteiger partial charge in [-0.05, 0) is 70.7 Å². The molecule has 0 saturated heterocycles. The third kappa shape index (κ3) is 7.83. The molecular formula is C23H36N2. The Balaban J connectivity index is 2.69. The summed E-state index contributed by atoms with van der Waals surface area (Å²) in [5.41, 5.74) is 6.64. The highest BCUT2D eigenvalue weighted by Gasteiger charge is 2.07. The molecule has 0 saturated carbocycles. The van der Waals surface area contributed by atoms with Crippen LogP contribution >= 0.6 is 0 Å². The second-order valence-electron chi connectivity index (χ2n) is 6.68. The van der Waals surface area contributed by atoms with Gasteiger partial charge in [-0.15, -0.1) is 0 Å². The van der Waals surface area contributed by atoms with Crippen LogP contribution in [-0.2, 0) is 0 Å². The predicted octanol–water partition coefficient (Wildman–Crippen LogP) is 6.71. The first kappa shape index (κ1) is 21.4. The molecule has 0 spiro atoms. The molecule has 1 aromatic carbocycles. The van der Waals surface area contributed by atoms with Crippen molar-refractivity contribution in [2.24, 2.45) is 4.99 Å². The molecule has 0 aliphatic heterocycles. The molecule has 0 unspecified atom stereocenters. The van der Waals surface area contributed by atoms with Crippen molar-refractivity contribution in [2.45, 2.75) is 65.7 Å². The zero-order chi connectivity index (χ0) is 18.5. The molecule has 1 N–H and O–H groups in total. The zero-order valence-corrected chi connectivity index (χ0v) is 16.7. The van der Waals surface area contributed by atoms with E-state index in [1.807, 2.05) is 19.3 Å². The van der Waals surface area contributed by atoms with Gasteiger partial charge in [-0.2, -0.15) is 0 Å². The molecular weight excluding hydrogens is 304 g/mol. The Morgan fingerprint density at radius 3 is 2.56 bits per heavy atom. The van der Waals surface area contributed by atoms with Crippen molar-refractivity contribution in [3.63, 3.8) is 0 Å². The van der Waals surface area contributed by atoms with E-state index < -0.39 is 0 Å². The Morgan fingerprint density at radius 2 is 1.88 bits per heavy atom. The van der Waals surface area contributed by atoms with Crippen LogP contribution in [0, 0.1) is 0 Å². The average Bonchev–Trinajstić information content (AvgIpc) is 2.63. The van der Waals surface area contributed by atoms with Gasteiger partial charge in [0.15, 0.2) is 0 Å². The Kier molecular flexibility index (Phi) is 10.8. The van der Waals surface area contributed by atoms with Crippen LogP contribution in [0.5, 0.6) is 0 Å². The second-order valence-corrected chi connectivity index (χ2v) is 6.68. The summed E-state index contributed by atoms with van der Waals surface area (Å²) in [7, 11) is 2.03. The second kappa shape index (κ2) is 12.7.